The maximum atomic E-state index is 5.68. The lowest BCUT2D eigenvalue weighted by atomic mass is 10.2. The van der Waals surface area contributed by atoms with Crippen LogP contribution in [0.4, 0.5) is 11.4 Å². The Hall–Kier alpha value is -0.780. The van der Waals surface area contributed by atoms with E-state index in [0.717, 1.165) is 41.8 Å². The third-order valence-electron chi connectivity index (χ3n) is 2.46. The molecule has 0 saturated heterocycles. The van der Waals surface area contributed by atoms with Crippen molar-refractivity contribution in [2.24, 2.45) is 0 Å². The first kappa shape index (κ1) is 15.3. The van der Waals surface area contributed by atoms with Gasteiger partial charge in [-0.3, -0.25) is 0 Å². The van der Waals surface area contributed by atoms with Gasteiger partial charge in [0.25, 0.3) is 0 Å². The van der Waals surface area contributed by atoms with E-state index in [4.69, 9.17) is 15.2 Å². The number of benzene rings is 1. The van der Waals surface area contributed by atoms with Gasteiger partial charge in [-0.2, -0.15) is 0 Å². The summed E-state index contributed by atoms with van der Waals surface area (Å²) in [5.74, 6) is 0. The Bertz CT molecular complexity index is 348. The van der Waals surface area contributed by atoms with E-state index in [2.05, 4.69) is 21.2 Å². The highest BCUT2D eigenvalue weighted by molar-refractivity contribution is 9.10. The lowest BCUT2D eigenvalue weighted by molar-refractivity contribution is 0.0691. The fraction of sp³-hybridized carbons (Fsp3) is 0.538. The molecule has 0 unspecified atom stereocenters. The molecule has 5 heteroatoms. The number of hydrogen-bond donors (Lipinski definition) is 2. The summed E-state index contributed by atoms with van der Waals surface area (Å²) in [5, 5.41) is 3.36. The Morgan fingerprint density at radius 2 is 2.06 bits per heavy atom. The summed E-state index contributed by atoms with van der Waals surface area (Å²) in [4.78, 5) is 0. The van der Waals surface area contributed by atoms with Crippen LogP contribution in [-0.4, -0.2) is 33.5 Å². The molecular formula is C13H21BrN2O2. The van der Waals surface area contributed by atoms with Gasteiger partial charge in [-0.25, -0.2) is 0 Å². The van der Waals surface area contributed by atoms with Crippen LogP contribution in [0.1, 0.15) is 12.8 Å². The van der Waals surface area contributed by atoms with Crippen molar-refractivity contribution < 1.29 is 9.47 Å². The lowest BCUT2D eigenvalue weighted by Crippen LogP contribution is -2.06. The second-order valence-corrected chi connectivity index (χ2v) is 4.83. The molecular weight excluding hydrogens is 296 g/mol. The minimum Gasteiger partial charge on any atom is -0.399 e. The fourth-order valence-electron chi connectivity index (χ4n) is 1.47. The topological polar surface area (TPSA) is 56.5 Å². The quantitative estimate of drug-likeness (QED) is 0.543. The zero-order valence-corrected chi connectivity index (χ0v) is 12.3. The number of nitrogens with one attached hydrogen (secondary N) is 1. The van der Waals surface area contributed by atoms with Crippen molar-refractivity contribution in [2.75, 3.05) is 44.5 Å². The van der Waals surface area contributed by atoms with Crippen molar-refractivity contribution in [1.29, 1.82) is 0 Å². The van der Waals surface area contributed by atoms with E-state index in [1.54, 1.807) is 7.11 Å². The molecule has 4 nitrogen and oxygen atoms in total. The van der Waals surface area contributed by atoms with Gasteiger partial charge < -0.3 is 20.5 Å². The molecule has 1 rings (SSSR count). The van der Waals surface area contributed by atoms with Crippen LogP contribution in [-0.2, 0) is 9.47 Å². The molecule has 102 valence electrons. The van der Waals surface area contributed by atoms with Gasteiger partial charge in [0.05, 0.1) is 13.2 Å². The highest BCUT2D eigenvalue weighted by Crippen LogP contribution is 2.24. The van der Waals surface area contributed by atoms with Gasteiger partial charge in [0.1, 0.15) is 0 Å². The highest BCUT2D eigenvalue weighted by atomic mass is 79.9. The molecule has 0 fully saturated rings. The number of nitrogen functional groups attached to an aromatic ring is 1. The zero-order chi connectivity index (χ0) is 13.2. The van der Waals surface area contributed by atoms with Crippen molar-refractivity contribution in [3.8, 4) is 0 Å². The van der Waals surface area contributed by atoms with Crippen molar-refractivity contribution >= 4 is 27.3 Å². The van der Waals surface area contributed by atoms with E-state index in [1.807, 2.05) is 18.2 Å². The molecule has 0 spiro atoms. The highest BCUT2D eigenvalue weighted by Gasteiger charge is 1.99. The molecule has 0 atom stereocenters. The fourth-order valence-corrected chi connectivity index (χ4v) is 2.01. The SMILES string of the molecule is COCCOCCCCNc1ccc(N)cc1Br. The van der Waals surface area contributed by atoms with Gasteiger partial charge in [-0.05, 0) is 47.0 Å². The molecule has 1 aromatic carbocycles. The van der Waals surface area contributed by atoms with E-state index >= 15 is 0 Å². The standard InChI is InChI=1S/C13H21BrN2O2/c1-17-8-9-18-7-3-2-6-16-13-5-4-11(15)10-12(13)14/h4-5,10,16H,2-3,6-9,15H2,1H3. The normalized spacial score (nSPS) is 10.6. The Kier molecular flexibility index (Phi) is 7.80. The third kappa shape index (κ3) is 6.23. The summed E-state index contributed by atoms with van der Waals surface area (Å²) in [6.45, 7) is 3.05. The number of ether oxygens (including phenoxy) is 2. The van der Waals surface area contributed by atoms with Crippen LogP contribution < -0.4 is 11.1 Å². The second kappa shape index (κ2) is 9.19. The van der Waals surface area contributed by atoms with Crippen LogP contribution in [0.25, 0.3) is 0 Å². The molecule has 0 amide bonds. The molecule has 0 aliphatic rings. The molecule has 0 heterocycles. The van der Waals surface area contributed by atoms with Gasteiger partial charge in [0.15, 0.2) is 0 Å². The number of halogens is 1. The minimum absolute atomic E-state index is 0.663. The Balaban J connectivity index is 2.07. The monoisotopic (exact) mass is 316 g/mol. The van der Waals surface area contributed by atoms with Gasteiger partial charge in [0, 0.05) is 36.1 Å². The maximum Gasteiger partial charge on any atom is 0.0700 e. The first-order valence-corrected chi connectivity index (χ1v) is 6.89. The summed E-state index contributed by atoms with van der Waals surface area (Å²) in [6.07, 6.45) is 2.12. The molecule has 0 aromatic heterocycles. The van der Waals surface area contributed by atoms with E-state index < -0.39 is 0 Å². The van der Waals surface area contributed by atoms with Crippen molar-refractivity contribution in [2.45, 2.75) is 12.8 Å². The summed E-state index contributed by atoms with van der Waals surface area (Å²) in [5.41, 5.74) is 7.51. The first-order valence-electron chi connectivity index (χ1n) is 6.09. The van der Waals surface area contributed by atoms with Crippen LogP contribution in [0, 0.1) is 0 Å². The second-order valence-electron chi connectivity index (χ2n) is 3.98. The summed E-state index contributed by atoms with van der Waals surface area (Å²) < 4.78 is 11.3. The van der Waals surface area contributed by atoms with Crippen LogP contribution in [0.5, 0.6) is 0 Å². The smallest absolute Gasteiger partial charge is 0.0700 e. The number of hydrogen-bond acceptors (Lipinski definition) is 4. The zero-order valence-electron chi connectivity index (χ0n) is 10.7. The third-order valence-corrected chi connectivity index (χ3v) is 3.11. The predicted molar refractivity (Wildman–Crippen MR) is 79.0 cm³/mol. The van der Waals surface area contributed by atoms with Crippen molar-refractivity contribution in [3.05, 3.63) is 22.7 Å². The van der Waals surface area contributed by atoms with Crippen molar-refractivity contribution in [3.63, 3.8) is 0 Å². The average Bonchev–Trinajstić information content (AvgIpc) is 2.35. The van der Waals surface area contributed by atoms with Crippen LogP contribution >= 0.6 is 15.9 Å². The van der Waals surface area contributed by atoms with Crippen molar-refractivity contribution in [1.82, 2.24) is 0 Å². The molecule has 3 N–H and O–H groups in total. The minimum atomic E-state index is 0.663. The summed E-state index contributed by atoms with van der Waals surface area (Å²) >= 11 is 3.48. The van der Waals surface area contributed by atoms with Gasteiger partial charge >= 0.3 is 0 Å². The average molecular weight is 317 g/mol. The largest absolute Gasteiger partial charge is 0.399 e. The molecule has 0 aliphatic heterocycles. The van der Waals surface area contributed by atoms with E-state index in [-0.39, 0.29) is 0 Å². The predicted octanol–water partition coefficient (Wildman–Crippen LogP) is 2.89. The molecule has 0 bridgehead atoms. The Morgan fingerprint density at radius 1 is 1.22 bits per heavy atom. The number of rotatable bonds is 9. The van der Waals surface area contributed by atoms with Gasteiger partial charge in [-0.1, -0.05) is 0 Å². The number of nitrogens with two attached hydrogens (primary N) is 1. The lowest BCUT2D eigenvalue weighted by Gasteiger charge is -2.09. The van der Waals surface area contributed by atoms with Gasteiger partial charge in [-0.15, -0.1) is 0 Å². The summed E-state index contributed by atoms with van der Waals surface area (Å²) in [6, 6.07) is 5.77. The van der Waals surface area contributed by atoms with E-state index in [9.17, 15) is 0 Å². The summed E-state index contributed by atoms with van der Waals surface area (Å²) in [7, 11) is 1.68. The van der Waals surface area contributed by atoms with Crippen LogP contribution in [0.2, 0.25) is 0 Å². The number of unbranched alkanes of at least 4 members (excludes halogenated alkanes) is 1. The van der Waals surface area contributed by atoms with E-state index in [1.165, 1.54) is 0 Å². The van der Waals surface area contributed by atoms with E-state index in [0.29, 0.717) is 13.2 Å². The maximum absolute atomic E-state index is 5.68. The van der Waals surface area contributed by atoms with Crippen LogP contribution in [0.3, 0.4) is 0 Å². The first-order chi connectivity index (χ1) is 8.74. The Morgan fingerprint density at radius 3 is 2.78 bits per heavy atom. The van der Waals surface area contributed by atoms with Gasteiger partial charge in [0.2, 0.25) is 0 Å². The van der Waals surface area contributed by atoms with Crippen LogP contribution in [0.15, 0.2) is 22.7 Å². The molecule has 18 heavy (non-hydrogen) atoms. The number of methoxy groups -OCH3 is 1. The Labute approximate surface area is 117 Å². The molecule has 1 aromatic rings. The molecule has 0 saturated carbocycles. The number of anilines is 2. The molecule has 0 aliphatic carbocycles. The molecule has 0 radical (unpaired) electrons.